The molecular weight excluding hydrogens is 313 g/mol. The lowest BCUT2D eigenvalue weighted by atomic mass is 9.85. The molecule has 0 fully saturated rings. The maximum Gasteiger partial charge on any atom is 0.137 e. The van der Waals surface area contributed by atoms with E-state index in [4.69, 9.17) is 23.2 Å². The highest BCUT2D eigenvalue weighted by Crippen LogP contribution is 2.35. The van der Waals surface area contributed by atoms with Gasteiger partial charge in [-0.1, -0.05) is 42.6 Å². The van der Waals surface area contributed by atoms with Crippen molar-refractivity contribution in [3.8, 4) is 0 Å². The maximum absolute atomic E-state index is 11.1. The van der Waals surface area contributed by atoms with Crippen LogP contribution in [0.3, 0.4) is 0 Å². The topological polar surface area (TPSA) is 71.2 Å². The zero-order valence-corrected chi connectivity index (χ0v) is 13.1. The van der Waals surface area contributed by atoms with Crippen molar-refractivity contribution in [2.24, 2.45) is 0 Å². The van der Waals surface area contributed by atoms with Gasteiger partial charge in [0.1, 0.15) is 18.3 Å². The Morgan fingerprint density at radius 1 is 1.38 bits per heavy atom. The van der Waals surface area contributed by atoms with Crippen molar-refractivity contribution in [2.75, 3.05) is 0 Å². The van der Waals surface area contributed by atoms with E-state index in [0.29, 0.717) is 22.0 Å². The molecule has 7 heteroatoms. The van der Waals surface area contributed by atoms with Crippen molar-refractivity contribution >= 4 is 23.2 Å². The molecule has 0 aliphatic heterocycles. The number of benzene rings is 1. The highest BCUT2D eigenvalue weighted by molar-refractivity contribution is 6.35. The number of halogens is 2. The lowest BCUT2D eigenvalue weighted by molar-refractivity contribution is -0.0969. The first-order valence-electron chi connectivity index (χ1n) is 6.65. The van der Waals surface area contributed by atoms with Crippen LogP contribution in [0, 0.1) is 0 Å². The van der Waals surface area contributed by atoms with Gasteiger partial charge in [-0.05, 0) is 18.6 Å². The maximum atomic E-state index is 11.1. The average Bonchev–Trinajstić information content (AvgIpc) is 2.91. The summed E-state index contributed by atoms with van der Waals surface area (Å²) >= 11 is 12.1. The lowest BCUT2D eigenvalue weighted by Crippen LogP contribution is -2.43. The highest BCUT2D eigenvalue weighted by Gasteiger charge is 2.39. The van der Waals surface area contributed by atoms with Crippen LogP contribution in [-0.2, 0) is 12.1 Å². The molecule has 0 unspecified atom stereocenters. The fraction of sp³-hybridized carbons (Fsp3) is 0.429. The third-order valence-corrected chi connectivity index (χ3v) is 3.93. The largest absolute Gasteiger partial charge is 0.390 e. The molecule has 21 heavy (non-hydrogen) atoms. The third kappa shape index (κ3) is 3.55. The van der Waals surface area contributed by atoms with Gasteiger partial charge in [0.05, 0.1) is 12.6 Å². The smallest absolute Gasteiger partial charge is 0.137 e. The summed E-state index contributed by atoms with van der Waals surface area (Å²) in [6.45, 7) is 1.98. The van der Waals surface area contributed by atoms with Crippen molar-refractivity contribution in [1.82, 2.24) is 14.8 Å². The molecular formula is C14H17Cl2N3O2. The van der Waals surface area contributed by atoms with Gasteiger partial charge in [0.25, 0.3) is 0 Å². The van der Waals surface area contributed by atoms with E-state index in [1.807, 2.05) is 6.92 Å². The summed E-state index contributed by atoms with van der Waals surface area (Å²) in [4.78, 5) is 3.85. The number of hydrogen-bond donors (Lipinski definition) is 2. The number of aliphatic hydroxyl groups excluding tert-OH is 1. The van der Waals surface area contributed by atoms with Gasteiger partial charge in [-0.15, -0.1) is 0 Å². The SMILES string of the molecule is CCC[C@H](O)[C@](O)(Cn1cncn1)c1ccc(Cl)cc1Cl. The van der Waals surface area contributed by atoms with Crippen LogP contribution in [0.1, 0.15) is 25.3 Å². The van der Waals surface area contributed by atoms with E-state index in [-0.39, 0.29) is 6.54 Å². The van der Waals surface area contributed by atoms with Crippen molar-refractivity contribution in [3.63, 3.8) is 0 Å². The van der Waals surface area contributed by atoms with E-state index in [1.165, 1.54) is 17.3 Å². The number of hydrogen-bond acceptors (Lipinski definition) is 4. The predicted octanol–water partition coefficient (Wildman–Crippen LogP) is 2.63. The molecule has 0 saturated heterocycles. The van der Waals surface area contributed by atoms with Crippen LogP contribution in [0.15, 0.2) is 30.9 Å². The fourth-order valence-corrected chi connectivity index (χ4v) is 2.86. The van der Waals surface area contributed by atoms with Gasteiger partial charge < -0.3 is 10.2 Å². The molecule has 0 spiro atoms. The van der Waals surface area contributed by atoms with Crippen LogP contribution < -0.4 is 0 Å². The molecule has 114 valence electrons. The van der Waals surface area contributed by atoms with Crippen LogP contribution in [0.25, 0.3) is 0 Å². The first-order valence-corrected chi connectivity index (χ1v) is 7.41. The van der Waals surface area contributed by atoms with Crippen LogP contribution in [0.5, 0.6) is 0 Å². The van der Waals surface area contributed by atoms with Crippen molar-refractivity contribution < 1.29 is 10.2 Å². The first kappa shape index (κ1) is 16.2. The molecule has 0 saturated carbocycles. The zero-order chi connectivity index (χ0) is 15.5. The van der Waals surface area contributed by atoms with E-state index in [0.717, 1.165) is 6.42 Å². The first-order chi connectivity index (χ1) is 9.97. The van der Waals surface area contributed by atoms with E-state index in [9.17, 15) is 10.2 Å². The van der Waals surface area contributed by atoms with Gasteiger partial charge in [0, 0.05) is 15.6 Å². The van der Waals surface area contributed by atoms with E-state index in [2.05, 4.69) is 10.1 Å². The molecule has 0 radical (unpaired) electrons. The molecule has 2 aromatic rings. The Balaban J connectivity index is 2.43. The molecule has 1 heterocycles. The highest BCUT2D eigenvalue weighted by atomic mass is 35.5. The normalized spacial score (nSPS) is 15.7. The lowest BCUT2D eigenvalue weighted by Gasteiger charge is -2.34. The standard InChI is InChI=1S/C14H17Cl2N3O2/c1-2-3-13(20)14(21,7-19-9-17-8-18-19)11-5-4-10(15)6-12(11)16/h4-6,8-9,13,20-21H,2-3,7H2,1H3/t13-,14-/m0/s1. The second kappa shape index (κ2) is 6.75. The number of aliphatic hydroxyl groups is 2. The molecule has 2 N–H and O–H groups in total. The second-order valence-electron chi connectivity index (χ2n) is 4.95. The Morgan fingerprint density at radius 3 is 2.71 bits per heavy atom. The summed E-state index contributed by atoms with van der Waals surface area (Å²) in [7, 11) is 0. The minimum absolute atomic E-state index is 0.0511. The molecule has 5 nitrogen and oxygen atoms in total. The summed E-state index contributed by atoms with van der Waals surface area (Å²) in [5.41, 5.74) is -1.14. The van der Waals surface area contributed by atoms with Crippen LogP contribution in [-0.4, -0.2) is 31.1 Å². The molecule has 1 aromatic heterocycles. The Bertz CT molecular complexity index is 592. The van der Waals surface area contributed by atoms with Crippen LogP contribution >= 0.6 is 23.2 Å². The third-order valence-electron chi connectivity index (χ3n) is 3.38. The summed E-state index contributed by atoms with van der Waals surface area (Å²) in [5.74, 6) is 0. The molecule has 1 aromatic carbocycles. The van der Waals surface area contributed by atoms with Crippen LogP contribution in [0.4, 0.5) is 0 Å². The molecule has 0 aliphatic carbocycles. The summed E-state index contributed by atoms with van der Waals surface area (Å²) in [6.07, 6.45) is 3.03. The Labute approximate surface area is 133 Å². The summed E-state index contributed by atoms with van der Waals surface area (Å²) in [6, 6.07) is 4.80. The van der Waals surface area contributed by atoms with Gasteiger partial charge in [0.2, 0.25) is 0 Å². The van der Waals surface area contributed by atoms with Gasteiger partial charge >= 0.3 is 0 Å². The molecule has 2 rings (SSSR count). The fourth-order valence-electron chi connectivity index (χ4n) is 2.28. The molecule has 2 atom stereocenters. The summed E-state index contributed by atoms with van der Waals surface area (Å²) in [5, 5.41) is 26.2. The van der Waals surface area contributed by atoms with Gasteiger partial charge in [-0.2, -0.15) is 5.10 Å². The minimum atomic E-state index is -1.56. The van der Waals surface area contributed by atoms with E-state index < -0.39 is 11.7 Å². The van der Waals surface area contributed by atoms with Crippen LogP contribution in [0.2, 0.25) is 10.0 Å². The van der Waals surface area contributed by atoms with Crippen molar-refractivity contribution in [2.45, 2.75) is 38.0 Å². The average molecular weight is 330 g/mol. The second-order valence-corrected chi connectivity index (χ2v) is 5.79. The monoisotopic (exact) mass is 329 g/mol. The van der Waals surface area contributed by atoms with Gasteiger partial charge in [-0.25, -0.2) is 9.67 Å². The van der Waals surface area contributed by atoms with Gasteiger partial charge in [0.15, 0.2) is 0 Å². The quantitative estimate of drug-likeness (QED) is 0.854. The van der Waals surface area contributed by atoms with Crippen molar-refractivity contribution in [1.29, 1.82) is 0 Å². The number of aromatic nitrogens is 3. The Morgan fingerprint density at radius 2 is 2.14 bits per heavy atom. The molecule has 0 amide bonds. The summed E-state index contributed by atoms with van der Waals surface area (Å²) < 4.78 is 1.46. The predicted molar refractivity (Wildman–Crippen MR) is 81.3 cm³/mol. The van der Waals surface area contributed by atoms with Crippen molar-refractivity contribution in [3.05, 3.63) is 46.5 Å². The Kier molecular flexibility index (Phi) is 5.22. The minimum Gasteiger partial charge on any atom is -0.390 e. The Hall–Kier alpha value is -1.14. The number of nitrogens with zero attached hydrogens (tertiary/aromatic N) is 3. The van der Waals surface area contributed by atoms with E-state index >= 15 is 0 Å². The van der Waals surface area contributed by atoms with Gasteiger partial charge in [-0.3, -0.25) is 0 Å². The number of rotatable bonds is 6. The molecule has 0 bridgehead atoms. The van der Waals surface area contributed by atoms with E-state index in [1.54, 1.807) is 18.2 Å². The zero-order valence-electron chi connectivity index (χ0n) is 11.6. The molecule has 0 aliphatic rings.